The number of nitrogens with zero attached hydrogens (tertiary/aromatic N) is 2. The SMILES string of the molecule is C#CCCCC(NC)c1cc(CC)nn1CC. The van der Waals surface area contributed by atoms with Gasteiger partial charge in [-0.3, -0.25) is 4.68 Å². The minimum Gasteiger partial charge on any atom is -0.312 e. The Labute approximate surface area is 105 Å². The van der Waals surface area contributed by atoms with Crippen LogP contribution in [0.1, 0.15) is 50.5 Å². The lowest BCUT2D eigenvalue weighted by Gasteiger charge is -2.16. The summed E-state index contributed by atoms with van der Waals surface area (Å²) in [6.45, 7) is 5.19. The van der Waals surface area contributed by atoms with Gasteiger partial charge in [-0.25, -0.2) is 0 Å². The van der Waals surface area contributed by atoms with E-state index < -0.39 is 0 Å². The van der Waals surface area contributed by atoms with Crippen LogP contribution in [0.5, 0.6) is 0 Å². The molecule has 0 aliphatic heterocycles. The molecule has 1 aromatic heterocycles. The molecule has 0 spiro atoms. The normalized spacial score (nSPS) is 12.4. The molecule has 0 radical (unpaired) electrons. The molecule has 0 bridgehead atoms. The van der Waals surface area contributed by atoms with Gasteiger partial charge in [0.15, 0.2) is 0 Å². The average molecular weight is 233 g/mol. The number of terminal acetylenes is 1. The largest absolute Gasteiger partial charge is 0.312 e. The minimum absolute atomic E-state index is 0.357. The van der Waals surface area contributed by atoms with Gasteiger partial charge in [-0.05, 0) is 39.3 Å². The number of rotatable bonds is 7. The monoisotopic (exact) mass is 233 g/mol. The Hall–Kier alpha value is -1.27. The van der Waals surface area contributed by atoms with E-state index in [0.29, 0.717) is 6.04 Å². The Morgan fingerprint density at radius 2 is 2.29 bits per heavy atom. The van der Waals surface area contributed by atoms with Gasteiger partial charge in [0.25, 0.3) is 0 Å². The Kier molecular flexibility index (Phi) is 5.79. The summed E-state index contributed by atoms with van der Waals surface area (Å²) in [5.41, 5.74) is 2.45. The average Bonchev–Trinajstić information content (AvgIpc) is 2.78. The van der Waals surface area contributed by atoms with Crippen LogP contribution in [0.2, 0.25) is 0 Å². The highest BCUT2D eigenvalue weighted by Gasteiger charge is 2.15. The zero-order valence-corrected chi connectivity index (χ0v) is 11.2. The number of hydrogen-bond acceptors (Lipinski definition) is 2. The van der Waals surface area contributed by atoms with E-state index in [1.54, 1.807) is 0 Å². The molecule has 1 unspecified atom stereocenters. The zero-order valence-electron chi connectivity index (χ0n) is 11.2. The molecule has 1 atom stereocenters. The van der Waals surface area contributed by atoms with Crippen molar-refractivity contribution in [2.24, 2.45) is 0 Å². The molecule has 0 fully saturated rings. The van der Waals surface area contributed by atoms with Gasteiger partial charge in [0.05, 0.1) is 11.4 Å². The van der Waals surface area contributed by atoms with Crippen molar-refractivity contribution >= 4 is 0 Å². The maximum absolute atomic E-state index is 5.29. The Bertz CT molecular complexity index is 373. The fourth-order valence-corrected chi connectivity index (χ4v) is 2.04. The van der Waals surface area contributed by atoms with E-state index in [2.05, 4.69) is 40.9 Å². The molecule has 0 aliphatic rings. The Morgan fingerprint density at radius 3 is 2.82 bits per heavy atom. The molecule has 0 aliphatic carbocycles. The van der Waals surface area contributed by atoms with E-state index in [9.17, 15) is 0 Å². The van der Waals surface area contributed by atoms with E-state index in [1.807, 2.05) is 7.05 Å². The van der Waals surface area contributed by atoms with Crippen molar-refractivity contribution in [2.45, 2.75) is 52.1 Å². The summed E-state index contributed by atoms with van der Waals surface area (Å²) in [7, 11) is 2.00. The predicted octanol–water partition coefficient (Wildman–Crippen LogP) is 2.53. The van der Waals surface area contributed by atoms with Crippen molar-refractivity contribution in [1.82, 2.24) is 15.1 Å². The van der Waals surface area contributed by atoms with Crippen LogP contribution < -0.4 is 5.32 Å². The molecule has 3 heteroatoms. The van der Waals surface area contributed by atoms with Gasteiger partial charge >= 0.3 is 0 Å². The van der Waals surface area contributed by atoms with Crippen molar-refractivity contribution in [3.8, 4) is 12.3 Å². The second-order valence-electron chi connectivity index (χ2n) is 4.17. The first-order chi connectivity index (χ1) is 8.26. The number of unbranched alkanes of at least 4 members (excludes halogenated alkanes) is 1. The van der Waals surface area contributed by atoms with Crippen molar-refractivity contribution < 1.29 is 0 Å². The van der Waals surface area contributed by atoms with Crippen LogP contribution in [0.25, 0.3) is 0 Å². The fourth-order valence-electron chi connectivity index (χ4n) is 2.04. The van der Waals surface area contributed by atoms with Crippen LogP contribution in [-0.4, -0.2) is 16.8 Å². The van der Waals surface area contributed by atoms with Gasteiger partial charge in [-0.15, -0.1) is 12.3 Å². The number of nitrogens with one attached hydrogen (secondary N) is 1. The molecule has 1 N–H and O–H groups in total. The maximum Gasteiger partial charge on any atom is 0.0625 e. The lowest BCUT2D eigenvalue weighted by Crippen LogP contribution is -2.20. The summed E-state index contributed by atoms with van der Waals surface area (Å²) in [6.07, 6.45) is 9.24. The fraction of sp³-hybridized carbons (Fsp3) is 0.643. The van der Waals surface area contributed by atoms with Gasteiger partial charge in [0.2, 0.25) is 0 Å². The van der Waals surface area contributed by atoms with Gasteiger partial charge < -0.3 is 5.32 Å². The van der Waals surface area contributed by atoms with Crippen LogP contribution in [-0.2, 0) is 13.0 Å². The van der Waals surface area contributed by atoms with E-state index >= 15 is 0 Å². The Morgan fingerprint density at radius 1 is 1.53 bits per heavy atom. The van der Waals surface area contributed by atoms with E-state index in [1.165, 1.54) is 11.4 Å². The summed E-state index contributed by atoms with van der Waals surface area (Å²) in [5, 5.41) is 7.94. The number of aryl methyl sites for hydroxylation is 2. The first-order valence-corrected chi connectivity index (χ1v) is 6.44. The van der Waals surface area contributed by atoms with Crippen LogP contribution in [0.15, 0.2) is 6.07 Å². The molecule has 0 saturated carbocycles. The minimum atomic E-state index is 0.357. The smallest absolute Gasteiger partial charge is 0.0625 e. The molecule has 1 rings (SSSR count). The third-order valence-electron chi connectivity index (χ3n) is 3.04. The van der Waals surface area contributed by atoms with Gasteiger partial charge in [-0.1, -0.05) is 6.92 Å². The van der Waals surface area contributed by atoms with Crippen molar-refractivity contribution in [3.63, 3.8) is 0 Å². The summed E-state index contributed by atoms with van der Waals surface area (Å²) >= 11 is 0. The van der Waals surface area contributed by atoms with Crippen molar-refractivity contribution in [3.05, 3.63) is 17.5 Å². The van der Waals surface area contributed by atoms with Crippen LogP contribution in [0, 0.1) is 12.3 Å². The third kappa shape index (κ3) is 3.61. The molecule has 17 heavy (non-hydrogen) atoms. The van der Waals surface area contributed by atoms with E-state index in [0.717, 1.165) is 32.2 Å². The molecule has 3 nitrogen and oxygen atoms in total. The van der Waals surface area contributed by atoms with Crippen molar-refractivity contribution in [1.29, 1.82) is 0 Å². The molecule has 1 aromatic rings. The summed E-state index contributed by atoms with van der Waals surface area (Å²) in [5.74, 6) is 2.69. The second-order valence-corrected chi connectivity index (χ2v) is 4.17. The molecule has 0 aromatic carbocycles. The van der Waals surface area contributed by atoms with Crippen LogP contribution >= 0.6 is 0 Å². The molecular formula is C14H23N3. The van der Waals surface area contributed by atoms with E-state index in [4.69, 9.17) is 6.42 Å². The van der Waals surface area contributed by atoms with Crippen LogP contribution in [0.4, 0.5) is 0 Å². The first-order valence-electron chi connectivity index (χ1n) is 6.44. The number of aromatic nitrogens is 2. The number of hydrogen-bond donors (Lipinski definition) is 1. The topological polar surface area (TPSA) is 29.9 Å². The lowest BCUT2D eigenvalue weighted by atomic mass is 10.1. The lowest BCUT2D eigenvalue weighted by molar-refractivity contribution is 0.478. The first kappa shape index (κ1) is 13.8. The van der Waals surface area contributed by atoms with Gasteiger partial charge in [0, 0.05) is 19.0 Å². The Balaban J connectivity index is 2.79. The predicted molar refractivity (Wildman–Crippen MR) is 71.8 cm³/mol. The molecule has 0 amide bonds. The molecule has 0 saturated heterocycles. The van der Waals surface area contributed by atoms with Gasteiger partial charge in [-0.2, -0.15) is 5.10 Å². The highest BCUT2D eigenvalue weighted by Crippen LogP contribution is 2.20. The summed E-state index contributed by atoms with van der Waals surface area (Å²) in [4.78, 5) is 0. The van der Waals surface area contributed by atoms with E-state index in [-0.39, 0.29) is 0 Å². The molecular weight excluding hydrogens is 210 g/mol. The van der Waals surface area contributed by atoms with Crippen molar-refractivity contribution in [2.75, 3.05) is 7.05 Å². The van der Waals surface area contributed by atoms with Crippen LogP contribution in [0.3, 0.4) is 0 Å². The third-order valence-corrected chi connectivity index (χ3v) is 3.04. The highest BCUT2D eigenvalue weighted by molar-refractivity contribution is 5.14. The highest BCUT2D eigenvalue weighted by atomic mass is 15.3. The zero-order chi connectivity index (χ0) is 12.7. The summed E-state index contributed by atoms with van der Waals surface area (Å²) < 4.78 is 2.09. The quantitative estimate of drug-likeness (QED) is 0.579. The summed E-state index contributed by atoms with van der Waals surface area (Å²) in [6, 6.07) is 2.57. The second kappa shape index (κ2) is 7.13. The maximum atomic E-state index is 5.29. The van der Waals surface area contributed by atoms with Gasteiger partial charge in [0.1, 0.15) is 0 Å². The molecule has 1 heterocycles. The standard InChI is InChI=1S/C14H23N3/c1-5-8-9-10-13(15-4)14-11-12(6-2)16-17(14)7-3/h1,11,13,15H,6-10H2,2-4H3. The molecule has 94 valence electrons.